The zero-order valence-electron chi connectivity index (χ0n) is 14.5. The Hall–Kier alpha value is -3.01. The molecule has 1 amide bonds. The van der Waals surface area contributed by atoms with Gasteiger partial charge >= 0.3 is 0 Å². The fourth-order valence-electron chi connectivity index (χ4n) is 3.89. The minimum atomic E-state index is -0.137. The molecule has 4 rings (SSSR count). The van der Waals surface area contributed by atoms with Gasteiger partial charge in [-0.15, -0.1) is 0 Å². The Morgan fingerprint density at radius 3 is 2.54 bits per heavy atom. The highest BCUT2D eigenvalue weighted by Crippen LogP contribution is 2.38. The van der Waals surface area contributed by atoms with Crippen LogP contribution in [-0.4, -0.2) is 15.6 Å². The molecule has 0 saturated carbocycles. The number of rotatable bonds is 3. The molecule has 4 heteroatoms. The number of hydrogen-bond donors (Lipinski definition) is 2. The fraction of sp³-hybridized carbons (Fsp3) is 0.227. The Morgan fingerprint density at radius 2 is 1.77 bits per heavy atom. The minimum Gasteiger partial charge on any atom is -0.508 e. The van der Waals surface area contributed by atoms with E-state index in [9.17, 15) is 9.90 Å². The first-order valence-electron chi connectivity index (χ1n) is 9.02. The van der Waals surface area contributed by atoms with E-state index < -0.39 is 0 Å². The second-order valence-electron chi connectivity index (χ2n) is 6.80. The third-order valence-electron chi connectivity index (χ3n) is 5.13. The molecule has 1 aliphatic rings. The Labute approximate surface area is 153 Å². The Morgan fingerprint density at radius 1 is 1.00 bits per heavy atom. The van der Waals surface area contributed by atoms with Crippen molar-refractivity contribution in [2.45, 2.75) is 25.3 Å². The summed E-state index contributed by atoms with van der Waals surface area (Å²) < 4.78 is 2.27. The molecule has 2 aromatic carbocycles. The number of aryl methyl sites for hydroxylation is 1. The highest BCUT2D eigenvalue weighted by molar-refractivity contribution is 5.93. The monoisotopic (exact) mass is 346 g/mol. The number of amides is 1. The lowest BCUT2D eigenvalue weighted by Gasteiger charge is -2.25. The molecule has 2 heterocycles. The van der Waals surface area contributed by atoms with Crippen LogP contribution in [0.25, 0.3) is 0 Å². The lowest BCUT2D eigenvalue weighted by Crippen LogP contribution is -2.28. The molecule has 0 spiro atoms. The number of nitrogens with zero attached hydrogens (tertiary/aromatic N) is 1. The standard InChI is InChI=1S/C22H22N2O2/c25-18-12-10-17(11-13-18)23-22(26)19-8-4-14-24-15-5-9-20(24)21(19)16-6-2-1-3-7-16/h1-3,5-7,9-13,15,19,21,25H,4,8,14H2,(H,23,26)/t19-,21+/m0/s1. The van der Waals surface area contributed by atoms with Crippen LogP contribution in [0.15, 0.2) is 72.9 Å². The van der Waals surface area contributed by atoms with Crippen molar-refractivity contribution in [3.05, 3.63) is 84.2 Å². The van der Waals surface area contributed by atoms with E-state index in [0.717, 1.165) is 19.4 Å². The number of fused-ring (bicyclic) bond motifs is 1. The van der Waals surface area contributed by atoms with Crippen molar-refractivity contribution in [3.8, 4) is 5.75 Å². The second-order valence-corrected chi connectivity index (χ2v) is 6.80. The molecule has 0 aliphatic carbocycles. The molecular weight excluding hydrogens is 324 g/mol. The van der Waals surface area contributed by atoms with Crippen LogP contribution in [0.4, 0.5) is 5.69 Å². The number of carbonyl (C=O) groups is 1. The third-order valence-corrected chi connectivity index (χ3v) is 5.13. The van der Waals surface area contributed by atoms with Crippen LogP contribution in [0.3, 0.4) is 0 Å². The number of benzene rings is 2. The average Bonchev–Trinajstić information content (AvgIpc) is 3.04. The number of anilines is 1. The summed E-state index contributed by atoms with van der Waals surface area (Å²) in [5.41, 5.74) is 3.07. The molecule has 3 aromatic rings. The summed E-state index contributed by atoms with van der Waals surface area (Å²) in [4.78, 5) is 13.1. The van der Waals surface area contributed by atoms with E-state index in [2.05, 4.69) is 40.3 Å². The number of nitrogens with one attached hydrogen (secondary N) is 1. The maximum atomic E-state index is 13.1. The first-order chi connectivity index (χ1) is 12.7. The number of aromatic hydroxyl groups is 1. The molecule has 4 nitrogen and oxygen atoms in total. The van der Waals surface area contributed by atoms with Crippen molar-refractivity contribution in [1.82, 2.24) is 4.57 Å². The summed E-state index contributed by atoms with van der Waals surface area (Å²) in [5, 5.41) is 12.5. The van der Waals surface area contributed by atoms with Crippen molar-refractivity contribution < 1.29 is 9.90 Å². The molecule has 0 radical (unpaired) electrons. The Kier molecular flexibility index (Phi) is 4.48. The molecule has 26 heavy (non-hydrogen) atoms. The van der Waals surface area contributed by atoms with Crippen LogP contribution < -0.4 is 5.32 Å². The van der Waals surface area contributed by atoms with Gasteiger partial charge in [0.15, 0.2) is 0 Å². The highest BCUT2D eigenvalue weighted by atomic mass is 16.3. The van der Waals surface area contributed by atoms with Crippen LogP contribution in [-0.2, 0) is 11.3 Å². The van der Waals surface area contributed by atoms with Gasteiger partial charge in [0.1, 0.15) is 5.75 Å². The first-order valence-corrected chi connectivity index (χ1v) is 9.02. The van der Waals surface area contributed by atoms with Gasteiger partial charge in [-0.3, -0.25) is 4.79 Å². The second kappa shape index (κ2) is 7.08. The molecule has 1 aromatic heterocycles. The van der Waals surface area contributed by atoms with E-state index >= 15 is 0 Å². The van der Waals surface area contributed by atoms with E-state index in [1.807, 2.05) is 18.2 Å². The van der Waals surface area contributed by atoms with E-state index in [-0.39, 0.29) is 23.5 Å². The van der Waals surface area contributed by atoms with E-state index in [0.29, 0.717) is 5.69 Å². The summed E-state index contributed by atoms with van der Waals surface area (Å²) in [6.45, 7) is 0.939. The van der Waals surface area contributed by atoms with Gasteiger partial charge in [-0.2, -0.15) is 0 Å². The van der Waals surface area contributed by atoms with Crippen molar-refractivity contribution in [3.63, 3.8) is 0 Å². The summed E-state index contributed by atoms with van der Waals surface area (Å²) >= 11 is 0. The van der Waals surface area contributed by atoms with Crippen molar-refractivity contribution in [2.24, 2.45) is 5.92 Å². The normalized spacial score (nSPS) is 19.4. The van der Waals surface area contributed by atoms with Gasteiger partial charge in [0.2, 0.25) is 5.91 Å². The maximum absolute atomic E-state index is 13.1. The molecule has 0 fully saturated rings. The lowest BCUT2D eigenvalue weighted by atomic mass is 9.81. The van der Waals surface area contributed by atoms with E-state index in [1.54, 1.807) is 24.3 Å². The Bertz CT molecular complexity index is 884. The number of carbonyl (C=O) groups excluding carboxylic acids is 1. The smallest absolute Gasteiger partial charge is 0.228 e. The average molecular weight is 346 g/mol. The van der Waals surface area contributed by atoms with Crippen LogP contribution in [0, 0.1) is 5.92 Å². The SMILES string of the molecule is O=C(Nc1ccc(O)cc1)[C@H]1CCCn2cccc2[C@@H]1c1ccccc1. The van der Waals surface area contributed by atoms with E-state index in [1.165, 1.54) is 11.3 Å². The van der Waals surface area contributed by atoms with Gasteiger partial charge in [0.05, 0.1) is 5.92 Å². The van der Waals surface area contributed by atoms with Crippen molar-refractivity contribution >= 4 is 11.6 Å². The van der Waals surface area contributed by atoms with Gasteiger partial charge in [0.25, 0.3) is 0 Å². The molecule has 132 valence electrons. The van der Waals surface area contributed by atoms with Crippen LogP contribution in [0.1, 0.15) is 30.0 Å². The summed E-state index contributed by atoms with van der Waals surface area (Å²) in [7, 11) is 0. The summed E-state index contributed by atoms with van der Waals surface area (Å²) in [6, 6.07) is 21.1. The van der Waals surface area contributed by atoms with Crippen molar-refractivity contribution in [2.75, 3.05) is 5.32 Å². The lowest BCUT2D eigenvalue weighted by molar-refractivity contribution is -0.120. The molecule has 2 N–H and O–H groups in total. The molecule has 0 saturated heterocycles. The quantitative estimate of drug-likeness (QED) is 0.692. The van der Waals surface area contributed by atoms with Crippen molar-refractivity contribution in [1.29, 1.82) is 0 Å². The van der Waals surface area contributed by atoms with Gasteiger partial charge in [-0.1, -0.05) is 30.3 Å². The number of phenolic OH excluding ortho intramolecular Hbond substituents is 1. The van der Waals surface area contributed by atoms with Crippen LogP contribution in [0.2, 0.25) is 0 Å². The third kappa shape index (κ3) is 3.23. The molecular formula is C22H22N2O2. The topological polar surface area (TPSA) is 54.3 Å². The van der Waals surface area contributed by atoms with Gasteiger partial charge in [-0.25, -0.2) is 0 Å². The zero-order chi connectivity index (χ0) is 17.9. The van der Waals surface area contributed by atoms with Gasteiger partial charge in [-0.05, 0) is 54.8 Å². The zero-order valence-corrected chi connectivity index (χ0v) is 14.5. The summed E-state index contributed by atoms with van der Waals surface area (Å²) in [5.74, 6) is 0.116. The predicted octanol–water partition coefficient (Wildman–Crippen LogP) is 4.37. The first kappa shape index (κ1) is 16.5. The molecule has 1 aliphatic heterocycles. The molecule has 0 bridgehead atoms. The molecule has 0 unspecified atom stereocenters. The highest BCUT2D eigenvalue weighted by Gasteiger charge is 2.34. The maximum Gasteiger partial charge on any atom is 0.228 e. The minimum absolute atomic E-state index is 0.0270. The number of hydrogen-bond acceptors (Lipinski definition) is 2. The Balaban J connectivity index is 1.68. The van der Waals surface area contributed by atoms with Gasteiger partial charge in [0, 0.05) is 30.0 Å². The fourth-order valence-corrected chi connectivity index (χ4v) is 3.89. The van der Waals surface area contributed by atoms with E-state index in [4.69, 9.17) is 0 Å². The number of phenols is 1. The largest absolute Gasteiger partial charge is 0.508 e. The van der Waals surface area contributed by atoms with Crippen LogP contribution in [0.5, 0.6) is 5.75 Å². The predicted molar refractivity (Wildman–Crippen MR) is 102 cm³/mol. The van der Waals surface area contributed by atoms with Crippen LogP contribution >= 0.6 is 0 Å². The van der Waals surface area contributed by atoms with Gasteiger partial charge < -0.3 is 15.0 Å². The number of aromatic nitrogens is 1. The summed E-state index contributed by atoms with van der Waals surface area (Å²) in [6.07, 6.45) is 3.91. The molecule has 2 atom stereocenters.